The van der Waals surface area contributed by atoms with Crippen LogP contribution >= 0.6 is 0 Å². The van der Waals surface area contributed by atoms with E-state index in [2.05, 4.69) is 48.6 Å². The summed E-state index contributed by atoms with van der Waals surface area (Å²) >= 11 is -1.46. The molecular formula is C10H19NRu. The first kappa shape index (κ1) is 9.99. The van der Waals surface area contributed by atoms with Gasteiger partial charge in [0.25, 0.3) is 0 Å². The quantitative estimate of drug-likeness (QED) is 0.722. The summed E-state index contributed by atoms with van der Waals surface area (Å²) in [6.07, 6.45) is 4.51. The summed E-state index contributed by atoms with van der Waals surface area (Å²) < 4.78 is 2.52. The molecule has 0 aliphatic heterocycles. The van der Waals surface area contributed by atoms with Crippen molar-refractivity contribution in [1.29, 1.82) is 0 Å². The van der Waals surface area contributed by atoms with Crippen molar-refractivity contribution in [2.24, 2.45) is 0 Å². The molecule has 0 N–H and O–H groups in total. The van der Waals surface area contributed by atoms with Crippen LogP contribution in [0.5, 0.6) is 0 Å². The fourth-order valence-electron chi connectivity index (χ4n) is 1.45. The van der Waals surface area contributed by atoms with E-state index in [4.69, 9.17) is 0 Å². The van der Waals surface area contributed by atoms with Gasteiger partial charge in [0.1, 0.15) is 0 Å². The Labute approximate surface area is 78.9 Å². The Bertz CT molecular complexity index is 203. The van der Waals surface area contributed by atoms with Crippen LogP contribution in [0, 0.1) is 0 Å². The SMILES string of the molecule is C[CH2][Ru]([CH2]C)([CH2]C)[n]1cccc1. The molecule has 1 heterocycles. The predicted molar refractivity (Wildman–Crippen MR) is 51.3 cm³/mol. The minimum atomic E-state index is -1.46. The van der Waals surface area contributed by atoms with E-state index < -0.39 is 15.0 Å². The Balaban J connectivity index is 2.93. The van der Waals surface area contributed by atoms with Crippen LogP contribution in [0.4, 0.5) is 0 Å². The topological polar surface area (TPSA) is 4.93 Å². The van der Waals surface area contributed by atoms with E-state index in [0.717, 1.165) is 0 Å². The standard InChI is InChI=1S/C4H4N.3C2H5.Ru/c1-2-4-5-3-1;3*1-2;/h1-4H;3*1H2,2H3;/q-1;;;;+1. The van der Waals surface area contributed by atoms with Crippen LogP contribution in [0.2, 0.25) is 15.0 Å². The average molecular weight is 254 g/mol. The van der Waals surface area contributed by atoms with Gasteiger partial charge in [-0.3, -0.25) is 0 Å². The summed E-state index contributed by atoms with van der Waals surface area (Å²) in [4.78, 5) is 0. The summed E-state index contributed by atoms with van der Waals surface area (Å²) in [5.74, 6) is 0. The van der Waals surface area contributed by atoms with Gasteiger partial charge >= 0.3 is 78.7 Å². The van der Waals surface area contributed by atoms with Crippen LogP contribution in [-0.4, -0.2) is 3.31 Å². The molecule has 0 aliphatic carbocycles. The molecule has 12 heavy (non-hydrogen) atoms. The van der Waals surface area contributed by atoms with Crippen LogP contribution in [0.3, 0.4) is 0 Å². The van der Waals surface area contributed by atoms with Crippen molar-refractivity contribution >= 4 is 0 Å². The van der Waals surface area contributed by atoms with Gasteiger partial charge in [-0.15, -0.1) is 0 Å². The zero-order valence-electron chi connectivity index (χ0n) is 8.23. The molecule has 0 atom stereocenters. The van der Waals surface area contributed by atoms with E-state index in [-0.39, 0.29) is 0 Å². The third-order valence-electron chi connectivity index (χ3n) is 2.34. The van der Waals surface area contributed by atoms with Crippen molar-refractivity contribution in [3.05, 3.63) is 24.5 Å². The molecular weight excluding hydrogens is 235 g/mol. The van der Waals surface area contributed by atoms with Gasteiger partial charge in [-0.2, -0.15) is 0 Å². The van der Waals surface area contributed by atoms with Gasteiger partial charge in [0.15, 0.2) is 0 Å². The third kappa shape index (κ3) is 1.64. The Morgan fingerprint density at radius 1 is 0.917 bits per heavy atom. The monoisotopic (exact) mass is 255 g/mol. The molecule has 0 radical (unpaired) electrons. The van der Waals surface area contributed by atoms with E-state index in [1.165, 1.54) is 15.0 Å². The molecule has 1 rings (SSSR count). The summed E-state index contributed by atoms with van der Waals surface area (Å²) in [6, 6.07) is 4.30. The maximum absolute atomic E-state index is 2.52. The van der Waals surface area contributed by atoms with Crippen molar-refractivity contribution in [2.45, 2.75) is 35.8 Å². The maximum atomic E-state index is 2.52. The summed E-state index contributed by atoms with van der Waals surface area (Å²) in [5, 5.41) is 4.16. The molecule has 0 bridgehead atoms. The molecule has 0 fully saturated rings. The molecule has 1 aromatic heterocycles. The van der Waals surface area contributed by atoms with Crippen LogP contribution < -0.4 is 0 Å². The summed E-state index contributed by atoms with van der Waals surface area (Å²) in [6.45, 7) is 7.04. The fraction of sp³-hybridized carbons (Fsp3) is 0.600. The molecule has 1 nitrogen and oxygen atoms in total. The zero-order chi connectivity index (χ0) is 9.03. The van der Waals surface area contributed by atoms with Gasteiger partial charge in [-0.1, -0.05) is 0 Å². The van der Waals surface area contributed by atoms with Gasteiger partial charge in [0, 0.05) is 0 Å². The predicted octanol–water partition coefficient (Wildman–Crippen LogP) is 3.72. The number of hydrogen-bond acceptors (Lipinski definition) is 0. The Hall–Kier alpha value is -0.0966. The fourth-order valence-corrected chi connectivity index (χ4v) is 7.36. The molecule has 0 saturated carbocycles. The van der Waals surface area contributed by atoms with Crippen molar-refractivity contribution in [1.82, 2.24) is 3.31 Å². The first-order chi connectivity index (χ1) is 5.79. The second kappa shape index (κ2) is 4.23. The Kier molecular flexibility index (Phi) is 3.52. The molecule has 0 unspecified atom stereocenters. The molecule has 0 spiro atoms. The normalized spacial score (nSPS) is 13.2. The summed E-state index contributed by atoms with van der Waals surface area (Å²) in [5.41, 5.74) is 0. The van der Waals surface area contributed by atoms with E-state index in [9.17, 15) is 0 Å². The van der Waals surface area contributed by atoms with Crippen molar-refractivity contribution in [2.75, 3.05) is 0 Å². The van der Waals surface area contributed by atoms with Gasteiger partial charge in [-0.05, 0) is 0 Å². The van der Waals surface area contributed by atoms with Crippen LogP contribution in [0.25, 0.3) is 0 Å². The number of aromatic nitrogens is 1. The molecule has 1 aromatic rings. The van der Waals surface area contributed by atoms with Crippen molar-refractivity contribution in [3.63, 3.8) is 0 Å². The van der Waals surface area contributed by atoms with E-state index in [1.807, 2.05) is 0 Å². The molecule has 0 aromatic carbocycles. The third-order valence-corrected chi connectivity index (χ3v) is 11.6. The van der Waals surface area contributed by atoms with Gasteiger partial charge in [0.05, 0.1) is 0 Å². The molecule has 72 valence electrons. The van der Waals surface area contributed by atoms with Crippen LogP contribution in [0.15, 0.2) is 24.5 Å². The second-order valence-corrected chi connectivity index (χ2v) is 11.5. The molecule has 0 amide bonds. The summed E-state index contributed by atoms with van der Waals surface area (Å²) in [7, 11) is 0. The van der Waals surface area contributed by atoms with Crippen LogP contribution in [-0.2, 0) is 15.0 Å². The van der Waals surface area contributed by atoms with Crippen molar-refractivity contribution in [3.8, 4) is 0 Å². The minimum absolute atomic E-state index is 1.39. The number of hydrogen-bond donors (Lipinski definition) is 0. The molecule has 0 saturated heterocycles. The van der Waals surface area contributed by atoms with E-state index in [0.29, 0.717) is 0 Å². The Morgan fingerprint density at radius 2 is 1.33 bits per heavy atom. The Morgan fingerprint density at radius 3 is 1.67 bits per heavy atom. The number of rotatable bonds is 4. The van der Waals surface area contributed by atoms with E-state index in [1.54, 1.807) is 0 Å². The van der Waals surface area contributed by atoms with Gasteiger partial charge in [0.2, 0.25) is 0 Å². The first-order valence-electron chi connectivity index (χ1n) is 4.55. The molecule has 0 aliphatic rings. The molecule has 2 heteroatoms. The zero-order valence-corrected chi connectivity index (χ0v) is 9.97. The van der Waals surface area contributed by atoms with Gasteiger partial charge in [-0.25, -0.2) is 0 Å². The second-order valence-electron chi connectivity index (χ2n) is 2.63. The van der Waals surface area contributed by atoms with E-state index >= 15 is 0 Å². The average Bonchev–Trinajstić information content (AvgIpc) is 2.62. The van der Waals surface area contributed by atoms with Gasteiger partial charge < -0.3 is 0 Å². The first-order valence-corrected chi connectivity index (χ1v) is 9.01. The number of nitrogens with zero attached hydrogens (tertiary/aromatic N) is 1. The van der Waals surface area contributed by atoms with Crippen molar-refractivity contribution < 1.29 is 15.0 Å². The van der Waals surface area contributed by atoms with Crippen LogP contribution in [0.1, 0.15) is 20.8 Å².